The number of benzene rings is 1. The lowest BCUT2D eigenvalue weighted by atomic mass is 10.0. The van der Waals surface area contributed by atoms with Gasteiger partial charge >= 0.3 is 6.03 Å². The van der Waals surface area contributed by atoms with Gasteiger partial charge in [-0.1, -0.05) is 0 Å². The zero-order valence-electron chi connectivity index (χ0n) is 12.9. The standard InChI is InChI=1S/C16H19FN4OS/c1-23-14-6-5-11(10-12(14)17)20-16(22)21-9-3-2-4-13(21)15-18-7-8-19-15/h5-8,10,13H,2-4,9H2,1H3,(H,18,19)(H,20,22)/t13-/m1/s1. The van der Waals surface area contributed by atoms with E-state index in [2.05, 4.69) is 15.3 Å². The summed E-state index contributed by atoms with van der Waals surface area (Å²) < 4.78 is 13.8. The number of imidazole rings is 1. The minimum atomic E-state index is -0.323. The lowest BCUT2D eigenvalue weighted by Gasteiger charge is -2.34. The second-order valence-electron chi connectivity index (χ2n) is 5.46. The molecule has 1 aromatic carbocycles. The highest BCUT2D eigenvalue weighted by molar-refractivity contribution is 7.98. The average molecular weight is 334 g/mol. The van der Waals surface area contributed by atoms with Crippen molar-refractivity contribution in [3.05, 3.63) is 42.2 Å². The van der Waals surface area contributed by atoms with Gasteiger partial charge in [0.2, 0.25) is 0 Å². The van der Waals surface area contributed by atoms with E-state index in [-0.39, 0.29) is 17.9 Å². The van der Waals surface area contributed by atoms with E-state index in [0.29, 0.717) is 17.1 Å². The van der Waals surface area contributed by atoms with E-state index in [9.17, 15) is 9.18 Å². The second-order valence-corrected chi connectivity index (χ2v) is 6.31. The van der Waals surface area contributed by atoms with Crippen LogP contribution < -0.4 is 5.32 Å². The second kappa shape index (κ2) is 7.04. The SMILES string of the molecule is CSc1ccc(NC(=O)N2CCCC[C@@H]2c2ncc[nH]2)cc1F. The number of hydrogen-bond donors (Lipinski definition) is 2. The number of carbonyl (C=O) groups is 1. The Morgan fingerprint density at radius 2 is 2.35 bits per heavy atom. The fraction of sp³-hybridized carbons (Fsp3) is 0.375. The average Bonchev–Trinajstić information content (AvgIpc) is 3.09. The first kappa shape index (κ1) is 15.9. The van der Waals surface area contributed by atoms with E-state index >= 15 is 0 Å². The van der Waals surface area contributed by atoms with Crippen molar-refractivity contribution in [2.24, 2.45) is 0 Å². The molecular weight excluding hydrogens is 315 g/mol. The Morgan fingerprint density at radius 3 is 3.04 bits per heavy atom. The van der Waals surface area contributed by atoms with Crippen molar-refractivity contribution < 1.29 is 9.18 Å². The Balaban J connectivity index is 1.74. The molecule has 1 aromatic heterocycles. The fourth-order valence-electron chi connectivity index (χ4n) is 2.86. The van der Waals surface area contributed by atoms with Crippen LogP contribution in [0.2, 0.25) is 0 Å². The Morgan fingerprint density at radius 1 is 1.48 bits per heavy atom. The Hall–Kier alpha value is -2.02. The summed E-state index contributed by atoms with van der Waals surface area (Å²) in [5.74, 6) is 0.472. The predicted molar refractivity (Wildman–Crippen MR) is 89.1 cm³/mol. The molecule has 2 heterocycles. The summed E-state index contributed by atoms with van der Waals surface area (Å²) in [6.45, 7) is 0.669. The molecule has 0 bridgehead atoms. The number of aromatic nitrogens is 2. The number of H-pyrrole nitrogens is 1. The van der Waals surface area contributed by atoms with Crippen molar-refractivity contribution in [3.63, 3.8) is 0 Å². The molecule has 0 spiro atoms. The summed E-state index contributed by atoms with van der Waals surface area (Å²) in [6.07, 6.45) is 8.17. The molecule has 7 heteroatoms. The van der Waals surface area contributed by atoms with E-state index in [4.69, 9.17) is 0 Å². The monoisotopic (exact) mass is 334 g/mol. The number of anilines is 1. The minimum absolute atomic E-state index is 0.0610. The van der Waals surface area contributed by atoms with Crippen LogP contribution >= 0.6 is 11.8 Å². The van der Waals surface area contributed by atoms with Gasteiger partial charge in [0.15, 0.2) is 0 Å². The van der Waals surface area contributed by atoms with Crippen molar-refractivity contribution in [2.75, 3.05) is 18.1 Å². The number of aromatic amines is 1. The highest BCUT2D eigenvalue weighted by Gasteiger charge is 2.29. The summed E-state index contributed by atoms with van der Waals surface area (Å²) in [5.41, 5.74) is 0.467. The number of amides is 2. The number of piperidine rings is 1. The van der Waals surface area contributed by atoms with Gasteiger partial charge in [0.25, 0.3) is 0 Å². The van der Waals surface area contributed by atoms with Crippen molar-refractivity contribution in [1.29, 1.82) is 0 Å². The van der Waals surface area contributed by atoms with Crippen LogP contribution in [0.1, 0.15) is 31.1 Å². The van der Waals surface area contributed by atoms with Gasteiger partial charge in [0.1, 0.15) is 11.6 Å². The fourth-order valence-corrected chi connectivity index (χ4v) is 3.32. The highest BCUT2D eigenvalue weighted by Crippen LogP contribution is 2.29. The van der Waals surface area contributed by atoms with E-state index in [1.54, 1.807) is 29.4 Å². The molecule has 2 aromatic rings. The smallest absolute Gasteiger partial charge is 0.322 e. The molecular formula is C16H19FN4OS. The first-order valence-corrected chi connectivity index (χ1v) is 8.82. The zero-order valence-corrected chi connectivity index (χ0v) is 13.7. The van der Waals surface area contributed by atoms with Gasteiger partial charge in [-0.15, -0.1) is 11.8 Å². The van der Waals surface area contributed by atoms with Crippen LogP contribution in [0.5, 0.6) is 0 Å². The van der Waals surface area contributed by atoms with Crippen LogP contribution in [0.15, 0.2) is 35.5 Å². The molecule has 1 saturated heterocycles. The molecule has 1 aliphatic heterocycles. The number of thioether (sulfide) groups is 1. The quantitative estimate of drug-likeness (QED) is 0.833. The Labute approximate surface area is 138 Å². The number of halogens is 1. The normalized spacial score (nSPS) is 18.0. The van der Waals surface area contributed by atoms with Crippen molar-refractivity contribution in [1.82, 2.24) is 14.9 Å². The van der Waals surface area contributed by atoms with Crippen LogP contribution in [0.3, 0.4) is 0 Å². The van der Waals surface area contributed by atoms with E-state index in [1.807, 2.05) is 6.26 Å². The molecule has 3 rings (SSSR count). The molecule has 0 aliphatic carbocycles. The van der Waals surface area contributed by atoms with Gasteiger partial charge in [-0.05, 0) is 43.7 Å². The number of nitrogens with zero attached hydrogens (tertiary/aromatic N) is 2. The third-order valence-electron chi connectivity index (χ3n) is 4.00. The van der Waals surface area contributed by atoms with Crippen LogP contribution in [-0.2, 0) is 0 Å². The van der Waals surface area contributed by atoms with Crippen molar-refractivity contribution in [3.8, 4) is 0 Å². The molecule has 0 saturated carbocycles. The molecule has 23 heavy (non-hydrogen) atoms. The van der Waals surface area contributed by atoms with Gasteiger partial charge in [0, 0.05) is 29.5 Å². The maximum Gasteiger partial charge on any atom is 0.322 e. The van der Waals surface area contributed by atoms with Gasteiger partial charge in [-0.3, -0.25) is 0 Å². The third-order valence-corrected chi connectivity index (χ3v) is 4.77. The van der Waals surface area contributed by atoms with E-state index in [0.717, 1.165) is 25.1 Å². The number of rotatable bonds is 3. The van der Waals surface area contributed by atoms with Gasteiger partial charge < -0.3 is 15.2 Å². The Kier molecular flexibility index (Phi) is 4.85. The number of carbonyl (C=O) groups excluding carboxylic acids is 1. The number of nitrogens with one attached hydrogen (secondary N) is 2. The Bertz CT molecular complexity index is 677. The van der Waals surface area contributed by atoms with Crippen molar-refractivity contribution >= 4 is 23.5 Å². The van der Waals surface area contributed by atoms with Crippen LogP contribution in [0.4, 0.5) is 14.9 Å². The molecule has 0 radical (unpaired) electrons. The maximum atomic E-state index is 13.8. The van der Waals surface area contributed by atoms with Gasteiger partial charge in [0.05, 0.1) is 6.04 Å². The molecule has 0 unspecified atom stereocenters. The summed E-state index contributed by atoms with van der Waals surface area (Å²) in [4.78, 5) is 22.3. The van der Waals surface area contributed by atoms with E-state index in [1.165, 1.54) is 17.8 Å². The lowest BCUT2D eigenvalue weighted by molar-refractivity contribution is 0.160. The molecule has 5 nitrogen and oxygen atoms in total. The molecule has 2 N–H and O–H groups in total. The summed E-state index contributed by atoms with van der Waals surface area (Å²) in [5, 5.41) is 2.79. The summed E-state index contributed by atoms with van der Waals surface area (Å²) >= 11 is 1.34. The van der Waals surface area contributed by atoms with E-state index < -0.39 is 0 Å². The number of urea groups is 1. The van der Waals surface area contributed by atoms with Crippen molar-refractivity contribution in [2.45, 2.75) is 30.2 Å². The number of hydrogen-bond acceptors (Lipinski definition) is 3. The molecule has 1 atom stereocenters. The third kappa shape index (κ3) is 3.50. The topological polar surface area (TPSA) is 61.0 Å². The first-order chi connectivity index (χ1) is 11.2. The summed E-state index contributed by atoms with van der Waals surface area (Å²) in [7, 11) is 0. The van der Waals surface area contributed by atoms with Gasteiger partial charge in [-0.2, -0.15) is 0 Å². The lowest BCUT2D eigenvalue weighted by Crippen LogP contribution is -2.41. The minimum Gasteiger partial charge on any atom is -0.347 e. The van der Waals surface area contributed by atoms with Crippen LogP contribution in [-0.4, -0.2) is 33.7 Å². The first-order valence-electron chi connectivity index (χ1n) is 7.59. The molecule has 122 valence electrons. The number of likely N-dealkylation sites (tertiary alicyclic amines) is 1. The molecule has 1 aliphatic rings. The largest absolute Gasteiger partial charge is 0.347 e. The summed E-state index contributed by atoms with van der Waals surface area (Å²) in [6, 6.07) is 4.47. The van der Waals surface area contributed by atoms with Crippen LogP contribution in [0, 0.1) is 5.82 Å². The van der Waals surface area contributed by atoms with Crippen LogP contribution in [0.25, 0.3) is 0 Å². The predicted octanol–water partition coefficient (Wildman–Crippen LogP) is 4.03. The maximum absolute atomic E-state index is 13.8. The molecule has 2 amide bonds. The molecule has 1 fully saturated rings. The van der Waals surface area contributed by atoms with Gasteiger partial charge in [-0.25, -0.2) is 14.2 Å². The highest BCUT2D eigenvalue weighted by atomic mass is 32.2. The zero-order chi connectivity index (χ0) is 16.2.